The van der Waals surface area contributed by atoms with Gasteiger partial charge in [0.1, 0.15) is 0 Å². The van der Waals surface area contributed by atoms with Gasteiger partial charge in [-0.25, -0.2) is 0 Å². The predicted octanol–water partition coefficient (Wildman–Crippen LogP) is 2.63. The van der Waals surface area contributed by atoms with Crippen molar-refractivity contribution in [3.63, 3.8) is 0 Å². The molecule has 0 amide bonds. The highest BCUT2D eigenvalue weighted by Gasteiger charge is 2.10. The van der Waals surface area contributed by atoms with Crippen molar-refractivity contribution in [2.24, 2.45) is 0 Å². The van der Waals surface area contributed by atoms with Gasteiger partial charge in [-0.1, -0.05) is 44.2 Å². The van der Waals surface area contributed by atoms with Crippen LogP contribution in [-0.2, 0) is 11.2 Å². The fraction of sp³-hybridized carbons (Fsp3) is 0.571. The summed E-state index contributed by atoms with van der Waals surface area (Å²) in [4.78, 5) is 0. The first-order chi connectivity index (χ1) is 7.72. The molecule has 0 fully saturated rings. The summed E-state index contributed by atoms with van der Waals surface area (Å²) in [6.45, 7) is 7.94. The molecule has 1 rings (SSSR count). The summed E-state index contributed by atoms with van der Waals surface area (Å²) in [6, 6.07) is 11.5. The van der Waals surface area contributed by atoms with Crippen LogP contribution in [0, 0.1) is 0 Å². The van der Waals surface area contributed by atoms with Gasteiger partial charge in [-0.15, -0.1) is 0 Å². The van der Waals surface area contributed by atoms with Gasteiger partial charge in [0.2, 0.25) is 0 Å². The Balaban J connectivity index is 2.49. The van der Waals surface area contributed by atoms with Crippen molar-refractivity contribution in [3.8, 4) is 0 Å². The summed E-state index contributed by atoms with van der Waals surface area (Å²) in [7, 11) is 0. The maximum Gasteiger partial charge on any atom is 0.0622 e. The second-order valence-electron chi connectivity index (χ2n) is 4.37. The highest BCUT2D eigenvalue weighted by Crippen LogP contribution is 2.04. The minimum absolute atomic E-state index is 0.405. The minimum Gasteiger partial charge on any atom is -0.380 e. The Hall–Kier alpha value is -0.860. The Morgan fingerprint density at radius 3 is 2.44 bits per heavy atom. The van der Waals surface area contributed by atoms with Crippen LogP contribution < -0.4 is 5.32 Å². The molecule has 2 heteroatoms. The quantitative estimate of drug-likeness (QED) is 0.764. The Bertz CT molecular complexity index is 271. The van der Waals surface area contributed by atoms with Crippen LogP contribution in [-0.4, -0.2) is 25.3 Å². The second-order valence-corrected chi connectivity index (χ2v) is 4.37. The van der Waals surface area contributed by atoms with E-state index in [-0.39, 0.29) is 0 Å². The Kier molecular flexibility index (Phi) is 6.12. The molecule has 1 aromatic carbocycles. The fourth-order valence-corrected chi connectivity index (χ4v) is 1.80. The van der Waals surface area contributed by atoms with Crippen LogP contribution in [0.5, 0.6) is 0 Å². The number of ether oxygens (including phenoxy) is 1. The zero-order valence-corrected chi connectivity index (χ0v) is 10.6. The average molecular weight is 221 g/mol. The number of rotatable bonds is 7. The van der Waals surface area contributed by atoms with E-state index in [4.69, 9.17) is 4.74 Å². The first-order valence-electron chi connectivity index (χ1n) is 6.10. The SMILES string of the molecule is CCOC[C@H](Cc1ccccc1)NC(C)C. The van der Waals surface area contributed by atoms with Gasteiger partial charge in [-0.2, -0.15) is 0 Å². The standard InChI is InChI=1S/C14H23NO/c1-4-16-11-14(15-12(2)3)10-13-8-6-5-7-9-13/h5-9,12,14-15H,4,10-11H2,1-3H3/t14-/m0/s1. The fourth-order valence-electron chi connectivity index (χ4n) is 1.80. The summed E-state index contributed by atoms with van der Waals surface area (Å²) < 4.78 is 5.51. The molecule has 1 atom stereocenters. The molecule has 0 radical (unpaired) electrons. The highest BCUT2D eigenvalue weighted by molar-refractivity contribution is 5.15. The van der Waals surface area contributed by atoms with Crippen molar-refractivity contribution in [2.45, 2.75) is 39.3 Å². The van der Waals surface area contributed by atoms with Gasteiger partial charge in [0.15, 0.2) is 0 Å². The number of hydrogen-bond donors (Lipinski definition) is 1. The number of nitrogens with one attached hydrogen (secondary N) is 1. The van der Waals surface area contributed by atoms with Crippen LogP contribution in [0.15, 0.2) is 30.3 Å². The number of benzene rings is 1. The summed E-state index contributed by atoms with van der Waals surface area (Å²) in [5, 5.41) is 3.54. The molecule has 16 heavy (non-hydrogen) atoms. The van der Waals surface area contributed by atoms with Crippen molar-refractivity contribution in [2.75, 3.05) is 13.2 Å². The minimum atomic E-state index is 0.405. The van der Waals surface area contributed by atoms with Crippen LogP contribution in [0.25, 0.3) is 0 Å². The maximum atomic E-state index is 5.51. The summed E-state index contributed by atoms with van der Waals surface area (Å²) in [5.41, 5.74) is 1.36. The molecule has 0 saturated heterocycles. The molecule has 0 unspecified atom stereocenters. The zero-order chi connectivity index (χ0) is 11.8. The van der Waals surface area contributed by atoms with Gasteiger partial charge in [0, 0.05) is 18.7 Å². The lowest BCUT2D eigenvalue weighted by Crippen LogP contribution is -2.39. The number of hydrogen-bond acceptors (Lipinski definition) is 2. The molecule has 0 bridgehead atoms. The Labute approximate surface area is 99.0 Å². The highest BCUT2D eigenvalue weighted by atomic mass is 16.5. The van der Waals surface area contributed by atoms with E-state index in [1.54, 1.807) is 0 Å². The second kappa shape index (κ2) is 7.42. The van der Waals surface area contributed by atoms with Crippen molar-refractivity contribution < 1.29 is 4.74 Å². The lowest BCUT2D eigenvalue weighted by molar-refractivity contribution is 0.120. The third-order valence-electron chi connectivity index (χ3n) is 2.42. The predicted molar refractivity (Wildman–Crippen MR) is 68.7 cm³/mol. The largest absolute Gasteiger partial charge is 0.380 e. The van der Waals surface area contributed by atoms with Crippen LogP contribution in [0.2, 0.25) is 0 Å². The van der Waals surface area contributed by atoms with Crippen LogP contribution in [0.3, 0.4) is 0 Å². The molecule has 0 aliphatic carbocycles. The molecular formula is C14H23NO. The van der Waals surface area contributed by atoms with Crippen molar-refractivity contribution in [1.82, 2.24) is 5.32 Å². The van der Waals surface area contributed by atoms with Gasteiger partial charge in [0.05, 0.1) is 6.61 Å². The van der Waals surface area contributed by atoms with Crippen LogP contribution >= 0.6 is 0 Å². The van der Waals surface area contributed by atoms with Crippen LogP contribution in [0.1, 0.15) is 26.3 Å². The average Bonchev–Trinajstić information content (AvgIpc) is 2.26. The molecule has 2 nitrogen and oxygen atoms in total. The third-order valence-corrected chi connectivity index (χ3v) is 2.42. The van der Waals surface area contributed by atoms with E-state index in [0.717, 1.165) is 19.6 Å². The molecular weight excluding hydrogens is 198 g/mol. The molecule has 0 heterocycles. The zero-order valence-electron chi connectivity index (χ0n) is 10.6. The summed E-state index contributed by atoms with van der Waals surface area (Å²) in [5.74, 6) is 0. The monoisotopic (exact) mass is 221 g/mol. The van der Waals surface area contributed by atoms with Gasteiger partial charge in [-0.3, -0.25) is 0 Å². The van der Waals surface area contributed by atoms with E-state index < -0.39 is 0 Å². The van der Waals surface area contributed by atoms with Gasteiger partial charge in [-0.05, 0) is 18.9 Å². The van der Waals surface area contributed by atoms with E-state index in [2.05, 4.69) is 49.5 Å². The smallest absolute Gasteiger partial charge is 0.0622 e. The van der Waals surface area contributed by atoms with Gasteiger partial charge in [0.25, 0.3) is 0 Å². The first kappa shape index (κ1) is 13.2. The van der Waals surface area contributed by atoms with Gasteiger partial charge >= 0.3 is 0 Å². The van der Waals surface area contributed by atoms with E-state index in [1.807, 2.05) is 6.92 Å². The van der Waals surface area contributed by atoms with Crippen molar-refractivity contribution in [3.05, 3.63) is 35.9 Å². The molecule has 1 aromatic rings. The molecule has 0 saturated carbocycles. The molecule has 0 spiro atoms. The lowest BCUT2D eigenvalue weighted by Gasteiger charge is -2.21. The third kappa shape index (κ3) is 5.29. The molecule has 0 aromatic heterocycles. The van der Waals surface area contributed by atoms with E-state index in [9.17, 15) is 0 Å². The van der Waals surface area contributed by atoms with Crippen molar-refractivity contribution in [1.29, 1.82) is 0 Å². The topological polar surface area (TPSA) is 21.3 Å². The molecule has 0 aliphatic rings. The Morgan fingerprint density at radius 1 is 1.19 bits per heavy atom. The van der Waals surface area contributed by atoms with E-state index in [1.165, 1.54) is 5.56 Å². The van der Waals surface area contributed by atoms with Crippen LogP contribution in [0.4, 0.5) is 0 Å². The molecule has 90 valence electrons. The van der Waals surface area contributed by atoms with E-state index >= 15 is 0 Å². The van der Waals surface area contributed by atoms with E-state index in [0.29, 0.717) is 12.1 Å². The van der Waals surface area contributed by atoms with Gasteiger partial charge < -0.3 is 10.1 Å². The van der Waals surface area contributed by atoms with Crippen molar-refractivity contribution >= 4 is 0 Å². The molecule has 1 N–H and O–H groups in total. The normalized spacial score (nSPS) is 13.0. The summed E-state index contributed by atoms with van der Waals surface area (Å²) in [6.07, 6.45) is 1.03. The Morgan fingerprint density at radius 2 is 1.88 bits per heavy atom. The lowest BCUT2D eigenvalue weighted by atomic mass is 10.1. The molecule has 0 aliphatic heterocycles. The maximum absolute atomic E-state index is 5.51. The summed E-state index contributed by atoms with van der Waals surface area (Å²) >= 11 is 0. The first-order valence-corrected chi connectivity index (χ1v) is 6.10.